The summed E-state index contributed by atoms with van der Waals surface area (Å²) >= 11 is 0. The van der Waals surface area contributed by atoms with Crippen LogP contribution in [0.4, 0.5) is 5.82 Å². The van der Waals surface area contributed by atoms with E-state index in [2.05, 4.69) is 27.3 Å². The minimum absolute atomic E-state index is 0.0498. The Balaban J connectivity index is 1.26. The van der Waals surface area contributed by atoms with Crippen molar-refractivity contribution in [3.05, 3.63) is 75.7 Å². The van der Waals surface area contributed by atoms with E-state index in [4.69, 9.17) is 14.5 Å². The fourth-order valence-electron chi connectivity index (χ4n) is 8.58. The lowest BCUT2D eigenvalue weighted by atomic mass is 9.70. The van der Waals surface area contributed by atoms with E-state index >= 15 is 0 Å². The van der Waals surface area contributed by atoms with Crippen molar-refractivity contribution in [2.75, 3.05) is 44.7 Å². The molecular weight excluding hydrogens is 719 g/mol. The van der Waals surface area contributed by atoms with E-state index in [-0.39, 0.29) is 29.9 Å². The topological polar surface area (TPSA) is 151 Å². The van der Waals surface area contributed by atoms with Crippen LogP contribution < -0.4 is 10.1 Å². The summed E-state index contributed by atoms with van der Waals surface area (Å²) in [6.45, 7) is 17.4. The van der Waals surface area contributed by atoms with E-state index in [1.165, 1.54) is 23.6 Å². The number of carbonyl (C=O) groups is 1. The minimum atomic E-state index is -4.10. The maximum Gasteiger partial charge on any atom is 0.310 e. The summed E-state index contributed by atoms with van der Waals surface area (Å²) in [6, 6.07) is 9.63. The number of carboxylic acids is 1. The lowest BCUT2D eigenvalue weighted by molar-refractivity contribution is -0.147. The van der Waals surface area contributed by atoms with Crippen LogP contribution in [0.15, 0.2) is 41.4 Å². The van der Waals surface area contributed by atoms with Gasteiger partial charge in [-0.1, -0.05) is 24.6 Å². The Kier molecular flexibility index (Phi) is 10.7. The minimum Gasteiger partial charge on any atom is -0.481 e. The summed E-state index contributed by atoms with van der Waals surface area (Å²) in [5.41, 5.74) is 3.45. The predicted molar refractivity (Wildman–Crippen MR) is 210 cm³/mol. The van der Waals surface area contributed by atoms with E-state index in [9.17, 15) is 18.3 Å². The third-order valence-corrected chi connectivity index (χ3v) is 13.8. The normalized spacial score (nSPS) is 20.1. The Morgan fingerprint density at radius 3 is 2.45 bits per heavy atom. The molecule has 2 fully saturated rings. The van der Waals surface area contributed by atoms with Gasteiger partial charge < -0.3 is 24.8 Å². The van der Waals surface area contributed by atoms with Gasteiger partial charge in [-0.25, -0.2) is 8.42 Å². The molecule has 3 aliphatic rings. The van der Waals surface area contributed by atoms with E-state index in [0.717, 1.165) is 58.8 Å². The molecule has 3 aliphatic heterocycles. The molecule has 3 aromatic heterocycles. The molecule has 2 saturated heterocycles. The molecule has 0 saturated carbocycles. The number of pyridine rings is 2. The number of carboxylic acid groups (broad SMARTS) is 1. The van der Waals surface area contributed by atoms with Crippen molar-refractivity contribution in [2.24, 2.45) is 5.41 Å². The Morgan fingerprint density at radius 2 is 1.75 bits per heavy atom. The van der Waals surface area contributed by atoms with Crippen LogP contribution in [0.2, 0.25) is 0 Å². The number of ether oxygens (including phenoxy) is 2. The van der Waals surface area contributed by atoms with Crippen molar-refractivity contribution in [3.8, 4) is 5.88 Å². The van der Waals surface area contributed by atoms with Crippen LogP contribution in [0.3, 0.4) is 0 Å². The second kappa shape index (κ2) is 15.1. The van der Waals surface area contributed by atoms with Gasteiger partial charge in [-0.3, -0.25) is 9.20 Å². The molecule has 1 spiro atoms. The highest BCUT2D eigenvalue weighted by molar-refractivity contribution is 7.89. The number of aliphatic carboxylic acids is 1. The molecule has 1 aromatic carbocycles. The summed E-state index contributed by atoms with van der Waals surface area (Å²) in [7, 11) is -4.10. The third kappa shape index (κ3) is 7.58. The molecule has 55 heavy (non-hydrogen) atoms. The molecule has 0 radical (unpaired) electrons. The first kappa shape index (κ1) is 39.1. The smallest absolute Gasteiger partial charge is 0.310 e. The second-order valence-corrected chi connectivity index (χ2v) is 18.4. The second-order valence-electron chi connectivity index (χ2n) is 16.5. The van der Waals surface area contributed by atoms with Crippen molar-refractivity contribution >= 4 is 27.5 Å². The van der Waals surface area contributed by atoms with Crippen LogP contribution in [0.25, 0.3) is 5.65 Å². The maximum absolute atomic E-state index is 14.8. The van der Waals surface area contributed by atoms with Gasteiger partial charge >= 0.3 is 5.97 Å². The Hall–Kier alpha value is -4.11. The van der Waals surface area contributed by atoms with Crippen molar-refractivity contribution in [2.45, 2.75) is 110 Å². The maximum atomic E-state index is 14.8. The number of likely N-dealkylation sites (tertiary alicyclic amines) is 1. The number of aromatic nitrogens is 4. The van der Waals surface area contributed by atoms with Gasteiger partial charge in [0.25, 0.3) is 0 Å². The molecule has 13 nitrogen and oxygen atoms in total. The number of benzene rings is 1. The molecule has 0 unspecified atom stereocenters. The van der Waals surface area contributed by atoms with Crippen molar-refractivity contribution in [1.82, 2.24) is 28.8 Å². The summed E-state index contributed by atoms with van der Waals surface area (Å²) in [6.07, 6.45) is 6.60. The zero-order chi connectivity index (χ0) is 39.3. The van der Waals surface area contributed by atoms with Gasteiger partial charge in [-0.15, -0.1) is 10.2 Å². The molecule has 0 bridgehead atoms. The zero-order valence-electron chi connectivity index (χ0n) is 33.2. The van der Waals surface area contributed by atoms with Gasteiger partial charge in [0.1, 0.15) is 22.1 Å². The molecule has 2 atom stereocenters. The molecule has 4 aromatic rings. The van der Waals surface area contributed by atoms with Gasteiger partial charge in [0.05, 0.1) is 25.2 Å². The highest BCUT2D eigenvalue weighted by atomic mass is 32.2. The average Bonchev–Trinajstić information content (AvgIpc) is 3.49. The first-order valence-electron chi connectivity index (χ1n) is 19.5. The van der Waals surface area contributed by atoms with Gasteiger partial charge in [0.2, 0.25) is 15.9 Å². The van der Waals surface area contributed by atoms with Crippen LogP contribution in [0.1, 0.15) is 98.0 Å². The fourth-order valence-corrected chi connectivity index (χ4v) is 10.2. The lowest BCUT2D eigenvalue weighted by Crippen LogP contribution is -2.50. The number of nitrogens with zero attached hydrogens (tertiary/aromatic N) is 6. The number of fused-ring (bicyclic) bond motifs is 2. The van der Waals surface area contributed by atoms with Gasteiger partial charge in [-0.05, 0) is 120 Å². The van der Waals surface area contributed by atoms with Crippen LogP contribution in [-0.2, 0) is 26.1 Å². The molecule has 0 aliphatic carbocycles. The van der Waals surface area contributed by atoms with Gasteiger partial charge in [-0.2, -0.15) is 9.29 Å². The van der Waals surface area contributed by atoms with Gasteiger partial charge in [0.15, 0.2) is 5.65 Å². The molecule has 2 N–H and O–H groups in total. The number of piperidine rings is 1. The Bertz CT molecular complexity index is 2190. The lowest BCUT2D eigenvalue weighted by Gasteiger charge is -2.38. The summed E-state index contributed by atoms with van der Waals surface area (Å²) in [5, 5.41) is 22.7. The number of sulfonamides is 1. The Labute approximate surface area is 324 Å². The highest BCUT2D eigenvalue weighted by Crippen LogP contribution is 2.45. The van der Waals surface area contributed by atoms with Gasteiger partial charge in [0, 0.05) is 44.1 Å². The van der Waals surface area contributed by atoms with Crippen LogP contribution >= 0.6 is 0 Å². The van der Waals surface area contributed by atoms with Crippen LogP contribution in [-0.4, -0.2) is 99.3 Å². The summed E-state index contributed by atoms with van der Waals surface area (Å²) in [4.78, 5) is 20.3. The van der Waals surface area contributed by atoms with E-state index in [1.54, 1.807) is 19.9 Å². The zero-order valence-corrected chi connectivity index (χ0v) is 34.0. The number of nitrogens with one attached hydrogen (secondary N) is 1. The number of anilines is 1. The van der Waals surface area contributed by atoms with Crippen molar-refractivity contribution in [3.63, 3.8) is 0 Å². The SMILES string of the molecule is Cc1ccc([C@H](c2ccn3c(C)nnc3c2C)C(C)(C)C(=O)O)cc1CN1CC2(CCOCC2)Oc2nc(N[C@H](C)CN3CCCCC3)c(C)cc2S1(=O)=O. The van der Waals surface area contributed by atoms with E-state index in [0.29, 0.717) is 37.5 Å². The third-order valence-electron chi connectivity index (χ3n) is 12.0. The summed E-state index contributed by atoms with van der Waals surface area (Å²) in [5.74, 6) is -0.0406. The number of aryl methyl sites for hydroxylation is 4. The number of hydrogen-bond acceptors (Lipinski definition) is 10. The van der Waals surface area contributed by atoms with E-state index in [1.807, 2.05) is 62.6 Å². The molecule has 296 valence electrons. The van der Waals surface area contributed by atoms with Crippen LogP contribution in [0, 0.1) is 33.1 Å². The first-order chi connectivity index (χ1) is 26.1. The molecule has 14 heteroatoms. The number of rotatable bonds is 10. The predicted octanol–water partition coefficient (Wildman–Crippen LogP) is 6.02. The molecule has 0 amide bonds. The monoisotopic (exact) mass is 773 g/mol. The fraction of sp³-hybridized carbons (Fsp3) is 0.561. The molecular formula is C41H55N7O6S. The van der Waals surface area contributed by atoms with Crippen molar-refractivity contribution in [1.29, 1.82) is 0 Å². The quantitative estimate of drug-likeness (QED) is 0.195. The van der Waals surface area contributed by atoms with Crippen LogP contribution in [0.5, 0.6) is 5.88 Å². The first-order valence-corrected chi connectivity index (χ1v) is 20.9. The highest BCUT2D eigenvalue weighted by Gasteiger charge is 2.46. The molecule has 7 rings (SSSR count). The largest absolute Gasteiger partial charge is 0.481 e. The average molecular weight is 774 g/mol. The van der Waals surface area contributed by atoms with Crippen molar-refractivity contribution < 1.29 is 27.8 Å². The number of hydrogen-bond donors (Lipinski definition) is 2. The van der Waals surface area contributed by atoms with E-state index < -0.39 is 32.9 Å². The summed E-state index contributed by atoms with van der Waals surface area (Å²) < 4.78 is 45.6. The Morgan fingerprint density at radius 1 is 1.02 bits per heavy atom. The standard InChI is InChI=1S/C41H55N7O6S/c1-26-11-12-31(35(40(6,7)39(49)50)33-13-18-48-30(5)44-45-37(48)29(33)4)22-32(26)24-47-25-41(14-19-53-20-15-41)54-38-34(55(47,51)52)21-27(2)36(43-38)42-28(3)23-46-16-9-8-10-17-46/h11-13,18,21-22,28,35H,8-10,14-17,19-20,23-25H2,1-7H3,(H,42,43)(H,49,50)/t28-,35-/m1/s1. The molecule has 6 heterocycles.